The number of para-hydroxylation sites is 1. The second kappa shape index (κ2) is 6.89. The van der Waals surface area contributed by atoms with Crippen LogP contribution in [0.15, 0.2) is 78.9 Å². The Morgan fingerprint density at radius 1 is 0.897 bits per heavy atom. The average Bonchev–Trinajstić information content (AvgIpc) is 3.27. The summed E-state index contributed by atoms with van der Waals surface area (Å²) in [5, 5.41) is 0. The van der Waals surface area contributed by atoms with Crippen molar-refractivity contribution in [2.24, 2.45) is 0 Å². The zero-order valence-corrected chi connectivity index (χ0v) is 16.1. The number of benzene rings is 3. The van der Waals surface area contributed by atoms with Crippen LogP contribution < -0.4 is 4.90 Å². The molecule has 3 aromatic rings. The fourth-order valence-corrected chi connectivity index (χ4v) is 4.78. The summed E-state index contributed by atoms with van der Waals surface area (Å²) < 4.78 is 5.53. The van der Waals surface area contributed by atoms with Gasteiger partial charge in [-0.25, -0.2) is 0 Å². The third-order valence-corrected chi connectivity index (χ3v) is 5.92. The highest BCUT2D eigenvalue weighted by molar-refractivity contribution is 6.01. The molecule has 1 amide bonds. The van der Waals surface area contributed by atoms with E-state index in [0.717, 1.165) is 12.1 Å². The fraction of sp³-hybridized carbons (Fsp3) is 0.200. The molecule has 2 aliphatic rings. The second-order valence-corrected chi connectivity index (χ2v) is 7.62. The van der Waals surface area contributed by atoms with E-state index in [1.807, 2.05) is 65.6 Å². The molecule has 5 rings (SSSR count). The van der Waals surface area contributed by atoms with Gasteiger partial charge in [0, 0.05) is 24.1 Å². The minimum atomic E-state index is -0.965. The lowest BCUT2D eigenvalue weighted by atomic mass is 9.96. The second-order valence-electron chi connectivity index (χ2n) is 7.62. The van der Waals surface area contributed by atoms with Gasteiger partial charge in [0.15, 0.2) is 0 Å². The minimum absolute atomic E-state index is 0.0714. The molecule has 1 aliphatic heterocycles. The van der Waals surface area contributed by atoms with Crippen molar-refractivity contribution in [3.05, 3.63) is 101 Å². The SMILES string of the molecule is CC(=O)O[C@H](C(=O)N1c2ccccc2[C@H]2Cc3ccccc3[C@H]21)c1ccccc1. The number of fused-ring (bicyclic) bond motifs is 5. The van der Waals surface area contributed by atoms with Crippen molar-refractivity contribution in [2.75, 3.05) is 4.90 Å². The van der Waals surface area contributed by atoms with Gasteiger partial charge in [0.1, 0.15) is 0 Å². The molecule has 0 bridgehead atoms. The minimum Gasteiger partial charge on any atom is -0.447 e. The molecular formula is C25H21NO3. The molecule has 1 aliphatic carbocycles. The van der Waals surface area contributed by atoms with Crippen LogP contribution in [0.5, 0.6) is 0 Å². The van der Waals surface area contributed by atoms with Crippen molar-refractivity contribution < 1.29 is 14.3 Å². The van der Waals surface area contributed by atoms with Gasteiger partial charge in [-0.3, -0.25) is 9.59 Å². The van der Waals surface area contributed by atoms with Gasteiger partial charge >= 0.3 is 5.97 Å². The number of hydrogen-bond acceptors (Lipinski definition) is 3. The maximum Gasteiger partial charge on any atom is 0.303 e. The number of amides is 1. The first-order chi connectivity index (χ1) is 14.1. The largest absolute Gasteiger partial charge is 0.447 e. The van der Waals surface area contributed by atoms with Crippen molar-refractivity contribution in [2.45, 2.75) is 31.4 Å². The maximum absolute atomic E-state index is 13.8. The molecule has 4 nitrogen and oxygen atoms in total. The first kappa shape index (κ1) is 17.7. The quantitative estimate of drug-likeness (QED) is 0.615. The standard InChI is InChI=1S/C25H21NO3/c1-16(27)29-24(17-9-3-2-4-10-17)25(28)26-22-14-8-7-13-20(22)21-15-18-11-5-6-12-19(18)23(21)26/h2-14,21,23-24H,15H2,1H3/t21-,23-,24+/m1/s1. The first-order valence-corrected chi connectivity index (χ1v) is 9.87. The summed E-state index contributed by atoms with van der Waals surface area (Å²) in [5.41, 5.74) is 5.22. The summed E-state index contributed by atoms with van der Waals surface area (Å²) in [4.78, 5) is 27.5. The number of carbonyl (C=O) groups excluding carboxylic acids is 2. The predicted octanol–water partition coefficient (Wildman–Crippen LogP) is 4.72. The van der Waals surface area contributed by atoms with Crippen LogP contribution in [0.25, 0.3) is 0 Å². The van der Waals surface area contributed by atoms with E-state index in [9.17, 15) is 9.59 Å². The molecule has 0 saturated carbocycles. The van der Waals surface area contributed by atoms with E-state index in [4.69, 9.17) is 4.74 Å². The van der Waals surface area contributed by atoms with Gasteiger partial charge in [0.2, 0.25) is 6.10 Å². The topological polar surface area (TPSA) is 46.6 Å². The molecule has 0 fully saturated rings. The van der Waals surface area contributed by atoms with Crippen LogP contribution in [-0.4, -0.2) is 11.9 Å². The molecule has 0 aromatic heterocycles. The Morgan fingerprint density at radius 2 is 1.55 bits per heavy atom. The Morgan fingerprint density at radius 3 is 2.31 bits per heavy atom. The molecule has 0 N–H and O–H groups in total. The van der Waals surface area contributed by atoms with Crippen LogP contribution in [0.1, 0.15) is 47.2 Å². The molecular weight excluding hydrogens is 362 g/mol. The van der Waals surface area contributed by atoms with Crippen molar-refractivity contribution in [1.29, 1.82) is 0 Å². The third kappa shape index (κ3) is 2.83. The van der Waals surface area contributed by atoms with Crippen LogP contribution in [-0.2, 0) is 20.7 Å². The number of anilines is 1. The number of esters is 1. The molecule has 0 saturated heterocycles. The Kier molecular flexibility index (Phi) is 4.20. The van der Waals surface area contributed by atoms with Gasteiger partial charge in [0.05, 0.1) is 6.04 Å². The van der Waals surface area contributed by atoms with E-state index in [0.29, 0.717) is 5.56 Å². The van der Waals surface area contributed by atoms with Crippen LogP contribution in [0, 0.1) is 0 Å². The zero-order chi connectivity index (χ0) is 20.0. The van der Waals surface area contributed by atoms with E-state index >= 15 is 0 Å². The highest BCUT2D eigenvalue weighted by Gasteiger charge is 2.48. The Balaban J connectivity index is 1.62. The summed E-state index contributed by atoms with van der Waals surface area (Å²) in [5.74, 6) is -0.451. The highest BCUT2D eigenvalue weighted by atomic mass is 16.5. The predicted molar refractivity (Wildman–Crippen MR) is 111 cm³/mol. The lowest BCUT2D eigenvalue weighted by Gasteiger charge is -2.29. The molecule has 0 spiro atoms. The van der Waals surface area contributed by atoms with E-state index < -0.39 is 12.1 Å². The zero-order valence-electron chi connectivity index (χ0n) is 16.1. The van der Waals surface area contributed by atoms with E-state index in [-0.39, 0.29) is 17.9 Å². The number of carbonyl (C=O) groups is 2. The fourth-order valence-electron chi connectivity index (χ4n) is 4.78. The van der Waals surface area contributed by atoms with Crippen LogP contribution in [0.2, 0.25) is 0 Å². The molecule has 4 heteroatoms. The summed E-state index contributed by atoms with van der Waals surface area (Å²) in [6.07, 6.45) is -0.0566. The summed E-state index contributed by atoms with van der Waals surface area (Å²) >= 11 is 0. The Bertz CT molecular complexity index is 1090. The average molecular weight is 383 g/mol. The van der Waals surface area contributed by atoms with Gasteiger partial charge in [-0.15, -0.1) is 0 Å². The number of rotatable bonds is 3. The van der Waals surface area contributed by atoms with Crippen molar-refractivity contribution in [1.82, 2.24) is 0 Å². The monoisotopic (exact) mass is 383 g/mol. The summed E-state index contributed by atoms with van der Waals surface area (Å²) in [7, 11) is 0. The molecule has 3 atom stereocenters. The molecule has 0 unspecified atom stereocenters. The number of ether oxygens (including phenoxy) is 1. The van der Waals surface area contributed by atoms with Crippen LogP contribution >= 0.6 is 0 Å². The van der Waals surface area contributed by atoms with Gasteiger partial charge < -0.3 is 9.64 Å². The normalized spacial score (nSPS) is 19.8. The molecule has 29 heavy (non-hydrogen) atoms. The van der Waals surface area contributed by atoms with Crippen LogP contribution in [0.4, 0.5) is 5.69 Å². The van der Waals surface area contributed by atoms with Gasteiger partial charge in [-0.1, -0.05) is 72.8 Å². The lowest BCUT2D eigenvalue weighted by Crippen LogP contribution is -2.37. The number of nitrogens with zero attached hydrogens (tertiary/aromatic N) is 1. The smallest absolute Gasteiger partial charge is 0.303 e. The van der Waals surface area contributed by atoms with Crippen LogP contribution in [0.3, 0.4) is 0 Å². The highest BCUT2D eigenvalue weighted by Crippen LogP contribution is 2.55. The van der Waals surface area contributed by atoms with E-state index in [1.165, 1.54) is 23.6 Å². The molecule has 1 heterocycles. The molecule has 144 valence electrons. The van der Waals surface area contributed by atoms with Crippen molar-refractivity contribution in [3.63, 3.8) is 0 Å². The van der Waals surface area contributed by atoms with E-state index in [1.54, 1.807) is 0 Å². The lowest BCUT2D eigenvalue weighted by molar-refractivity contribution is -0.153. The summed E-state index contributed by atoms with van der Waals surface area (Å²) in [6.45, 7) is 1.34. The molecule has 3 aromatic carbocycles. The maximum atomic E-state index is 13.8. The van der Waals surface area contributed by atoms with Gasteiger partial charge in [-0.2, -0.15) is 0 Å². The third-order valence-electron chi connectivity index (χ3n) is 5.92. The van der Waals surface area contributed by atoms with Crippen molar-refractivity contribution >= 4 is 17.6 Å². The Hall–Kier alpha value is -3.40. The first-order valence-electron chi connectivity index (χ1n) is 9.87. The number of hydrogen-bond donors (Lipinski definition) is 0. The molecule has 0 radical (unpaired) electrons. The van der Waals surface area contributed by atoms with Gasteiger partial charge in [-0.05, 0) is 29.2 Å². The van der Waals surface area contributed by atoms with Crippen molar-refractivity contribution in [3.8, 4) is 0 Å². The van der Waals surface area contributed by atoms with Gasteiger partial charge in [0.25, 0.3) is 5.91 Å². The Labute approximate surface area is 169 Å². The summed E-state index contributed by atoms with van der Waals surface area (Å²) in [6, 6.07) is 25.6. The van der Waals surface area contributed by atoms with E-state index in [2.05, 4.69) is 18.2 Å².